The molecule has 0 aliphatic carbocycles. The van der Waals surface area contributed by atoms with E-state index in [9.17, 15) is 4.39 Å². The van der Waals surface area contributed by atoms with Crippen LogP contribution in [-0.4, -0.2) is 20.8 Å². The van der Waals surface area contributed by atoms with Crippen LogP contribution < -0.4 is 15.4 Å². The molecule has 0 aromatic heterocycles. The summed E-state index contributed by atoms with van der Waals surface area (Å²) in [7, 11) is 2.84. The van der Waals surface area contributed by atoms with Crippen molar-refractivity contribution in [1.29, 1.82) is 0 Å². The topological polar surface area (TPSA) is 53.7 Å². The Labute approximate surface area is 102 Å². The molecule has 0 radical (unpaired) electrons. The van der Waals surface area contributed by atoms with Gasteiger partial charge in [0.2, 0.25) is 0 Å². The fraction of sp³-hybridized carbons (Fsp3) is 0.400. The van der Waals surface area contributed by atoms with Crippen LogP contribution in [0.1, 0.15) is 5.56 Å². The SMILES string of the molecule is COc1c(CCON)cc(Br)c(F)c1OC. The van der Waals surface area contributed by atoms with Gasteiger partial charge < -0.3 is 14.3 Å². The molecule has 0 fully saturated rings. The number of hydrogen-bond donors (Lipinski definition) is 1. The van der Waals surface area contributed by atoms with Crippen molar-refractivity contribution in [2.45, 2.75) is 6.42 Å². The zero-order valence-corrected chi connectivity index (χ0v) is 10.6. The van der Waals surface area contributed by atoms with Gasteiger partial charge in [-0.25, -0.2) is 10.3 Å². The summed E-state index contributed by atoms with van der Waals surface area (Å²) in [4.78, 5) is 4.48. The summed E-state index contributed by atoms with van der Waals surface area (Å²) in [6, 6.07) is 1.62. The fourth-order valence-corrected chi connectivity index (χ4v) is 1.85. The quantitative estimate of drug-likeness (QED) is 0.844. The fourth-order valence-electron chi connectivity index (χ4n) is 1.40. The first kappa shape index (κ1) is 13.2. The van der Waals surface area contributed by atoms with Crippen molar-refractivity contribution in [3.63, 3.8) is 0 Å². The van der Waals surface area contributed by atoms with Crippen LogP contribution in [0.15, 0.2) is 10.5 Å². The summed E-state index contributed by atoms with van der Waals surface area (Å²) >= 11 is 3.11. The van der Waals surface area contributed by atoms with Crippen LogP contribution in [-0.2, 0) is 11.3 Å². The molecule has 16 heavy (non-hydrogen) atoms. The van der Waals surface area contributed by atoms with Gasteiger partial charge in [0.05, 0.1) is 25.3 Å². The van der Waals surface area contributed by atoms with Crippen LogP contribution in [0.4, 0.5) is 4.39 Å². The lowest BCUT2D eigenvalue weighted by Gasteiger charge is -2.14. The van der Waals surface area contributed by atoms with Crippen LogP contribution in [0.5, 0.6) is 11.5 Å². The Morgan fingerprint density at radius 2 is 1.94 bits per heavy atom. The minimum atomic E-state index is -0.489. The minimum absolute atomic E-state index is 0.0731. The Morgan fingerprint density at radius 3 is 2.44 bits per heavy atom. The van der Waals surface area contributed by atoms with Gasteiger partial charge >= 0.3 is 0 Å². The molecular formula is C10H13BrFNO3. The second-order valence-electron chi connectivity index (χ2n) is 3.02. The number of halogens is 2. The second-order valence-corrected chi connectivity index (χ2v) is 3.87. The lowest BCUT2D eigenvalue weighted by Crippen LogP contribution is -2.06. The monoisotopic (exact) mass is 293 g/mol. The molecule has 0 atom stereocenters. The van der Waals surface area contributed by atoms with Crippen molar-refractivity contribution in [2.75, 3.05) is 20.8 Å². The molecule has 0 spiro atoms. The van der Waals surface area contributed by atoms with Crippen LogP contribution >= 0.6 is 15.9 Å². The van der Waals surface area contributed by atoms with Gasteiger partial charge in [0.1, 0.15) is 0 Å². The van der Waals surface area contributed by atoms with Gasteiger partial charge in [-0.15, -0.1) is 0 Å². The average molecular weight is 294 g/mol. The van der Waals surface area contributed by atoms with Gasteiger partial charge in [0.15, 0.2) is 17.3 Å². The van der Waals surface area contributed by atoms with E-state index in [1.165, 1.54) is 14.2 Å². The summed E-state index contributed by atoms with van der Waals surface area (Å²) < 4.78 is 24.0. The van der Waals surface area contributed by atoms with Crippen LogP contribution in [0.3, 0.4) is 0 Å². The number of methoxy groups -OCH3 is 2. The summed E-state index contributed by atoms with van der Waals surface area (Å²) in [5.74, 6) is 4.89. The highest BCUT2D eigenvalue weighted by molar-refractivity contribution is 9.10. The normalized spacial score (nSPS) is 10.3. The molecule has 2 N–H and O–H groups in total. The Hall–Kier alpha value is -0.850. The van der Waals surface area contributed by atoms with E-state index in [1.54, 1.807) is 6.07 Å². The zero-order chi connectivity index (χ0) is 12.1. The predicted molar refractivity (Wildman–Crippen MR) is 61.0 cm³/mol. The summed E-state index contributed by atoms with van der Waals surface area (Å²) in [6.45, 7) is 0.317. The molecule has 1 aromatic rings. The van der Waals surface area contributed by atoms with Gasteiger partial charge in [0, 0.05) is 12.0 Å². The van der Waals surface area contributed by atoms with Crippen molar-refractivity contribution in [3.05, 3.63) is 21.9 Å². The lowest BCUT2D eigenvalue weighted by atomic mass is 10.1. The third-order valence-electron chi connectivity index (χ3n) is 2.11. The molecule has 0 amide bonds. The van der Waals surface area contributed by atoms with Crippen molar-refractivity contribution in [2.24, 2.45) is 5.90 Å². The van der Waals surface area contributed by atoms with E-state index in [4.69, 9.17) is 15.4 Å². The van der Waals surface area contributed by atoms with Crippen molar-refractivity contribution in [3.8, 4) is 11.5 Å². The van der Waals surface area contributed by atoms with E-state index < -0.39 is 5.82 Å². The highest BCUT2D eigenvalue weighted by atomic mass is 79.9. The molecule has 0 bridgehead atoms. The van der Waals surface area contributed by atoms with Crippen molar-refractivity contribution >= 4 is 15.9 Å². The number of hydrogen-bond acceptors (Lipinski definition) is 4. The minimum Gasteiger partial charge on any atom is -0.492 e. The first-order chi connectivity index (χ1) is 7.65. The highest BCUT2D eigenvalue weighted by Gasteiger charge is 2.18. The first-order valence-electron chi connectivity index (χ1n) is 4.56. The second kappa shape index (κ2) is 6.03. The summed E-state index contributed by atoms with van der Waals surface area (Å²) in [5, 5.41) is 0. The molecule has 1 aromatic carbocycles. The highest BCUT2D eigenvalue weighted by Crippen LogP contribution is 2.38. The van der Waals surface area contributed by atoms with Gasteiger partial charge in [-0.2, -0.15) is 0 Å². The molecule has 0 saturated carbocycles. The van der Waals surface area contributed by atoms with E-state index in [0.717, 1.165) is 5.56 Å². The molecule has 0 saturated heterocycles. The number of rotatable bonds is 5. The maximum absolute atomic E-state index is 13.6. The molecule has 1 rings (SSSR count). The third kappa shape index (κ3) is 2.63. The van der Waals surface area contributed by atoms with Crippen molar-refractivity contribution in [1.82, 2.24) is 0 Å². The molecule has 90 valence electrons. The molecule has 0 heterocycles. The maximum Gasteiger partial charge on any atom is 0.198 e. The lowest BCUT2D eigenvalue weighted by molar-refractivity contribution is 0.140. The molecule has 6 heteroatoms. The predicted octanol–water partition coefficient (Wildman–Crippen LogP) is 2.04. The summed E-state index contributed by atoms with van der Waals surface area (Å²) in [5.41, 5.74) is 0.762. The van der Waals surface area contributed by atoms with Gasteiger partial charge in [-0.3, -0.25) is 0 Å². The van der Waals surface area contributed by atoms with Gasteiger partial charge in [0.25, 0.3) is 0 Å². The average Bonchev–Trinajstić information content (AvgIpc) is 2.29. The molecular weight excluding hydrogens is 281 g/mol. The number of nitrogens with two attached hydrogens (primary N) is 1. The zero-order valence-electron chi connectivity index (χ0n) is 9.05. The third-order valence-corrected chi connectivity index (χ3v) is 2.68. The van der Waals surface area contributed by atoms with E-state index in [2.05, 4.69) is 20.8 Å². The molecule has 0 aliphatic heterocycles. The Balaban J connectivity index is 3.20. The van der Waals surface area contributed by atoms with Crippen LogP contribution in [0.2, 0.25) is 0 Å². The largest absolute Gasteiger partial charge is 0.492 e. The Kier molecular flexibility index (Phi) is 4.98. The van der Waals surface area contributed by atoms with Crippen LogP contribution in [0, 0.1) is 5.82 Å². The molecule has 0 unspecified atom stereocenters. The number of ether oxygens (including phenoxy) is 2. The van der Waals surface area contributed by atoms with E-state index in [-0.39, 0.29) is 5.75 Å². The molecule has 4 nitrogen and oxygen atoms in total. The van der Waals surface area contributed by atoms with E-state index in [0.29, 0.717) is 23.2 Å². The van der Waals surface area contributed by atoms with E-state index >= 15 is 0 Å². The standard InChI is InChI=1S/C10H13BrFNO3/c1-14-9-6(3-4-16-13)5-7(11)8(12)10(9)15-2/h5H,3-4,13H2,1-2H3. The van der Waals surface area contributed by atoms with Crippen LogP contribution in [0.25, 0.3) is 0 Å². The summed E-state index contributed by atoms with van der Waals surface area (Å²) in [6.07, 6.45) is 0.509. The number of benzene rings is 1. The van der Waals surface area contributed by atoms with Crippen molar-refractivity contribution < 1.29 is 18.7 Å². The molecule has 0 aliphatic rings. The smallest absolute Gasteiger partial charge is 0.198 e. The Morgan fingerprint density at radius 1 is 1.31 bits per heavy atom. The Bertz CT molecular complexity index is 374. The van der Waals surface area contributed by atoms with Gasteiger partial charge in [-0.05, 0) is 22.0 Å². The first-order valence-corrected chi connectivity index (χ1v) is 5.35. The van der Waals surface area contributed by atoms with E-state index in [1.807, 2.05) is 0 Å². The van der Waals surface area contributed by atoms with Gasteiger partial charge in [-0.1, -0.05) is 0 Å². The maximum atomic E-state index is 13.6.